The Morgan fingerprint density at radius 1 is 1.33 bits per heavy atom. The maximum atomic E-state index is 6.24. The third-order valence-electron chi connectivity index (χ3n) is 2.87. The molecule has 0 saturated carbocycles. The predicted molar refractivity (Wildman–Crippen MR) is 80.1 cm³/mol. The maximum Gasteiger partial charge on any atom is 0.141 e. The normalized spacial score (nSPS) is 12.2. The molecule has 1 unspecified atom stereocenters. The van der Waals surface area contributed by atoms with Crippen molar-refractivity contribution in [1.82, 2.24) is 0 Å². The van der Waals surface area contributed by atoms with Gasteiger partial charge in [-0.05, 0) is 37.3 Å². The average Bonchev–Trinajstić information content (AvgIpc) is 2.34. The van der Waals surface area contributed by atoms with Crippen LogP contribution in [-0.2, 0) is 0 Å². The van der Waals surface area contributed by atoms with E-state index in [1.807, 2.05) is 12.1 Å². The lowest BCUT2D eigenvalue weighted by Crippen LogP contribution is -2.04. The van der Waals surface area contributed by atoms with Crippen LogP contribution < -0.4 is 4.74 Å². The van der Waals surface area contributed by atoms with Crippen molar-refractivity contribution in [3.8, 4) is 5.75 Å². The molecule has 1 nitrogen and oxygen atoms in total. The molecular weight excluding hydrogens is 267 g/mol. The van der Waals surface area contributed by atoms with Crippen LogP contribution in [0.2, 0.25) is 10.0 Å². The Bertz CT molecular complexity index is 402. The van der Waals surface area contributed by atoms with Crippen LogP contribution in [0.25, 0.3) is 0 Å². The molecule has 0 aliphatic carbocycles. The van der Waals surface area contributed by atoms with Crippen molar-refractivity contribution in [3.05, 3.63) is 40.4 Å². The van der Waals surface area contributed by atoms with Gasteiger partial charge in [0.25, 0.3) is 0 Å². The molecule has 0 fully saturated rings. The van der Waals surface area contributed by atoms with E-state index in [1.54, 1.807) is 6.07 Å². The quantitative estimate of drug-likeness (QED) is 0.571. The largest absolute Gasteiger partial charge is 0.492 e. The second-order valence-electron chi connectivity index (χ2n) is 4.28. The Kier molecular flexibility index (Phi) is 6.59. The van der Waals surface area contributed by atoms with Crippen LogP contribution >= 0.6 is 23.2 Å². The first kappa shape index (κ1) is 15.4. The van der Waals surface area contributed by atoms with Gasteiger partial charge >= 0.3 is 0 Å². The van der Waals surface area contributed by atoms with Gasteiger partial charge in [0, 0.05) is 10.6 Å². The average molecular weight is 287 g/mol. The van der Waals surface area contributed by atoms with Gasteiger partial charge in [-0.15, -0.1) is 6.58 Å². The number of ether oxygens (including phenoxy) is 1. The molecule has 0 radical (unpaired) electrons. The molecule has 100 valence electrons. The number of benzene rings is 1. The predicted octanol–water partition coefficient (Wildman–Crippen LogP) is 5.85. The van der Waals surface area contributed by atoms with E-state index in [2.05, 4.69) is 20.4 Å². The molecule has 18 heavy (non-hydrogen) atoms. The number of rotatable bonds is 7. The van der Waals surface area contributed by atoms with Gasteiger partial charge in [0.1, 0.15) is 5.75 Å². The summed E-state index contributed by atoms with van der Waals surface area (Å²) < 4.78 is 5.78. The fraction of sp³-hybridized carbons (Fsp3) is 0.467. The van der Waals surface area contributed by atoms with E-state index in [0.29, 0.717) is 22.6 Å². The van der Waals surface area contributed by atoms with Gasteiger partial charge in [0.2, 0.25) is 0 Å². The van der Waals surface area contributed by atoms with Crippen LogP contribution in [0.4, 0.5) is 0 Å². The summed E-state index contributed by atoms with van der Waals surface area (Å²) >= 11 is 12.3. The summed E-state index contributed by atoms with van der Waals surface area (Å²) in [6.07, 6.45) is 4.78. The van der Waals surface area contributed by atoms with E-state index < -0.39 is 0 Å². The van der Waals surface area contributed by atoms with Crippen molar-refractivity contribution in [3.63, 3.8) is 0 Å². The molecule has 0 spiro atoms. The van der Waals surface area contributed by atoms with Crippen LogP contribution in [0.5, 0.6) is 5.75 Å². The topological polar surface area (TPSA) is 9.23 Å². The van der Waals surface area contributed by atoms with Gasteiger partial charge in [0.05, 0.1) is 11.6 Å². The van der Waals surface area contributed by atoms with Gasteiger partial charge in [-0.25, -0.2) is 0 Å². The summed E-state index contributed by atoms with van der Waals surface area (Å²) in [5.74, 6) is 1.13. The third-order valence-corrected chi connectivity index (χ3v) is 3.37. The molecule has 1 aromatic rings. The highest BCUT2D eigenvalue weighted by Gasteiger charge is 2.17. The molecule has 3 heteroatoms. The summed E-state index contributed by atoms with van der Waals surface area (Å²) in [5.41, 5.74) is 1.09. The van der Waals surface area contributed by atoms with E-state index >= 15 is 0 Å². The summed E-state index contributed by atoms with van der Waals surface area (Å²) in [6, 6.07) is 3.69. The molecule has 1 rings (SSSR count). The first-order valence-corrected chi connectivity index (χ1v) is 7.12. The second-order valence-corrected chi connectivity index (χ2v) is 5.13. The molecule has 0 aromatic heterocycles. The van der Waals surface area contributed by atoms with Crippen molar-refractivity contribution >= 4 is 23.2 Å². The Balaban J connectivity index is 3.15. The van der Waals surface area contributed by atoms with Crippen molar-refractivity contribution in [2.24, 2.45) is 0 Å². The molecule has 0 heterocycles. The van der Waals surface area contributed by atoms with Gasteiger partial charge in [0.15, 0.2) is 0 Å². The first-order chi connectivity index (χ1) is 8.63. The van der Waals surface area contributed by atoms with Crippen LogP contribution in [-0.4, -0.2) is 6.61 Å². The lowest BCUT2D eigenvalue weighted by molar-refractivity contribution is 0.312. The lowest BCUT2D eigenvalue weighted by Gasteiger charge is -2.19. The summed E-state index contributed by atoms with van der Waals surface area (Å²) in [7, 11) is 0. The highest BCUT2D eigenvalue weighted by Crippen LogP contribution is 2.39. The van der Waals surface area contributed by atoms with Gasteiger partial charge in [-0.1, -0.05) is 43.1 Å². The molecular formula is C15H20Cl2O. The van der Waals surface area contributed by atoms with Crippen LogP contribution in [0, 0.1) is 0 Å². The van der Waals surface area contributed by atoms with Crippen molar-refractivity contribution in [2.75, 3.05) is 6.61 Å². The van der Waals surface area contributed by atoms with E-state index in [4.69, 9.17) is 27.9 Å². The Morgan fingerprint density at radius 2 is 2.06 bits per heavy atom. The Labute approximate surface area is 120 Å². The standard InChI is InChI=1S/C15H20Cl2O/c1-4-7-11(6-3)13-9-12(16)10-14(17)15(13)18-8-5-2/h4,9-11H,1,5-8H2,2-3H3. The highest BCUT2D eigenvalue weighted by atomic mass is 35.5. The third kappa shape index (κ3) is 3.93. The monoisotopic (exact) mass is 286 g/mol. The zero-order valence-corrected chi connectivity index (χ0v) is 12.5. The Morgan fingerprint density at radius 3 is 2.61 bits per heavy atom. The minimum Gasteiger partial charge on any atom is -0.492 e. The van der Waals surface area contributed by atoms with Crippen LogP contribution in [0.15, 0.2) is 24.8 Å². The number of hydrogen-bond acceptors (Lipinski definition) is 1. The second kappa shape index (κ2) is 7.70. The minimum absolute atomic E-state index is 0.352. The summed E-state index contributed by atoms with van der Waals surface area (Å²) in [6.45, 7) is 8.69. The van der Waals surface area contributed by atoms with E-state index in [9.17, 15) is 0 Å². The molecule has 0 amide bonds. The minimum atomic E-state index is 0.352. The molecule has 0 saturated heterocycles. The fourth-order valence-electron chi connectivity index (χ4n) is 1.95. The van der Waals surface area contributed by atoms with Crippen LogP contribution in [0.1, 0.15) is 44.6 Å². The molecule has 1 aromatic carbocycles. The molecule has 0 bridgehead atoms. The van der Waals surface area contributed by atoms with Crippen molar-refractivity contribution in [1.29, 1.82) is 0 Å². The van der Waals surface area contributed by atoms with Gasteiger partial charge in [-0.3, -0.25) is 0 Å². The zero-order valence-electron chi connectivity index (χ0n) is 11.0. The highest BCUT2D eigenvalue weighted by molar-refractivity contribution is 6.35. The molecule has 0 aliphatic heterocycles. The van der Waals surface area contributed by atoms with E-state index in [0.717, 1.165) is 30.6 Å². The van der Waals surface area contributed by atoms with E-state index in [1.165, 1.54) is 0 Å². The first-order valence-electron chi connectivity index (χ1n) is 6.36. The summed E-state index contributed by atoms with van der Waals surface area (Å²) in [5, 5.41) is 1.25. The molecule has 1 atom stereocenters. The van der Waals surface area contributed by atoms with Crippen molar-refractivity contribution in [2.45, 2.75) is 39.0 Å². The summed E-state index contributed by atoms with van der Waals surface area (Å²) in [4.78, 5) is 0. The van der Waals surface area contributed by atoms with Crippen molar-refractivity contribution < 1.29 is 4.74 Å². The van der Waals surface area contributed by atoms with Gasteiger partial charge in [-0.2, -0.15) is 0 Å². The number of halogens is 2. The van der Waals surface area contributed by atoms with Gasteiger partial charge < -0.3 is 4.74 Å². The Hall–Kier alpha value is -0.660. The number of hydrogen-bond donors (Lipinski definition) is 0. The number of allylic oxidation sites excluding steroid dienone is 1. The molecule has 0 N–H and O–H groups in total. The van der Waals surface area contributed by atoms with E-state index in [-0.39, 0.29) is 0 Å². The maximum absolute atomic E-state index is 6.24. The lowest BCUT2D eigenvalue weighted by atomic mass is 9.92. The van der Waals surface area contributed by atoms with Crippen LogP contribution in [0.3, 0.4) is 0 Å². The SMILES string of the molecule is C=CCC(CC)c1cc(Cl)cc(Cl)c1OCCC. The smallest absolute Gasteiger partial charge is 0.141 e. The zero-order chi connectivity index (χ0) is 13.5. The molecule has 0 aliphatic rings. The fourth-order valence-corrected chi connectivity index (χ4v) is 2.52.